The molecule has 6 heteroatoms. The van der Waals surface area contributed by atoms with Gasteiger partial charge in [0, 0.05) is 5.56 Å². The van der Waals surface area contributed by atoms with Gasteiger partial charge in [0.25, 0.3) is 11.8 Å². The summed E-state index contributed by atoms with van der Waals surface area (Å²) >= 11 is 0. The lowest BCUT2D eigenvalue weighted by atomic mass is 9.90. The Labute approximate surface area is 115 Å². The molecule has 1 saturated heterocycles. The number of anilines is 1. The fourth-order valence-corrected chi connectivity index (χ4v) is 2.66. The van der Waals surface area contributed by atoms with Crippen molar-refractivity contribution in [3.63, 3.8) is 0 Å². The van der Waals surface area contributed by atoms with Crippen molar-refractivity contribution in [2.45, 2.75) is 12.5 Å². The Bertz CT molecular complexity index is 704. The van der Waals surface area contributed by atoms with Gasteiger partial charge >= 0.3 is 6.03 Å². The number of nitrogens with zero attached hydrogens (tertiary/aromatic N) is 1. The van der Waals surface area contributed by atoms with Gasteiger partial charge in [0.2, 0.25) is 5.54 Å². The number of urea groups is 1. The highest BCUT2D eigenvalue weighted by Crippen LogP contribution is 2.42. The number of aryl methyl sites for hydroxylation is 1. The lowest BCUT2D eigenvalue weighted by molar-refractivity contribution is -0.133. The quantitative estimate of drug-likeness (QED) is 0.428. The van der Waals surface area contributed by atoms with E-state index in [9.17, 15) is 14.4 Å². The van der Waals surface area contributed by atoms with Crippen LogP contribution in [0.5, 0.6) is 0 Å². The standard InChI is InChI=1S/C14H11N3O3/c1-3-6-17-10-5-4-8(2)7-9(10)14(12(17)19)11(18)15-13(20)16-14/h1,4-5,7H,6H2,2H3,(H2,15,16,18,20). The molecule has 1 aromatic rings. The Morgan fingerprint density at radius 2 is 2.10 bits per heavy atom. The zero-order chi connectivity index (χ0) is 14.5. The highest BCUT2D eigenvalue weighted by Gasteiger charge is 2.61. The molecule has 0 bridgehead atoms. The first-order valence-corrected chi connectivity index (χ1v) is 6.01. The third-order valence-electron chi connectivity index (χ3n) is 3.53. The van der Waals surface area contributed by atoms with Crippen LogP contribution in [-0.2, 0) is 15.1 Å². The van der Waals surface area contributed by atoms with E-state index < -0.39 is 23.4 Å². The van der Waals surface area contributed by atoms with E-state index in [-0.39, 0.29) is 6.54 Å². The van der Waals surface area contributed by atoms with Gasteiger partial charge < -0.3 is 5.32 Å². The van der Waals surface area contributed by atoms with Crippen LogP contribution in [-0.4, -0.2) is 24.4 Å². The van der Waals surface area contributed by atoms with Gasteiger partial charge in [-0.3, -0.25) is 19.8 Å². The van der Waals surface area contributed by atoms with Crippen LogP contribution < -0.4 is 15.5 Å². The van der Waals surface area contributed by atoms with Gasteiger partial charge in [-0.05, 0) is 13.0 Å². The van der Waals surface area contributed by atoms with E-state index in [1.54, 1.807) is 12.1 Å². The first kappa shape index (κ1) is 12.2. The number of benzene rings is 1. The Morgan fingerprint density at radius 3 is 2.70 bits per heavy atom. The van der Waals surface area contributed by atoms with Crippen LogP contribution in [0, 0.1) is 19.3 Å². The third kappa shape index (κ3) is 1.32. The van der Waals surface area contributed by atoms with Crippen LogP contribution in [0.15, 0.2) is 18.2 Å². The van der Waals surface area contributed by atoms with Crippen molar-refractivity contribution < 1.29 is 14.4 Å². The molecule has 0 aromatic heterocycles. The molecular formula is C14H11N3O3. The molecule has 1 unspecified atom stereocenters. The maximum Gasteiger partial charge on any atom is 0.323 e. The van der Waals surface area contributed by atoms with Gasteiger partial charge in [0.1, 0.15) is 0 Å². The summed E-state index contributed by atoms with van der Waals surface area (Å²) in [6, 6.07) is 4.59. The SMILES string of the molecule is C#CCN1C(=O)C2(NC(=O)NC2=O)c2cc(C)ccc21. The summed E-state index contributed by atoms with van der Waals surface area (Å²) in [4.78, 5) is 37.5. The number of terminal acetylenes is 1. The molecule has 4 amide bonds. The van der Waals surface area contributed by atoms with E-state index in [4.69, 9.17) is 6.42 Å². The summed E-state index contributed by atoms with van der Waals surface area (Å²) in [6.07, 6.45) is 5.27. The Balaban J connectivity index is 2.26. The zero-order valence-electron chi connectivity index (χ0n) is 10.7. The van der Waals surface area contributed by atoms with E-state index in [2.05, 4.69) is 16.6 Å². The molecular weight excluding hydrogens is 258 g/mol. The largest absolute Gasteiger partial charge is 0.323 e. The molecule has 2 heterocycles. The average molecular weight is 269 g/mol. The fourth-order valence-electron chi connectivity index (χ4n) is 2.66. The number of carbonyl (C=O) groups excluding carboxylic acids is 3. The maximum atomic E-state index is 12.6. The van der Waals surface area contributed by atoms with Crippen LogP contribution in [0.3, 0.4) is 0 Å². The van der Waals surface area contributed by atoms with Crippen LogP contribution in [0.1, 0.15) is 11.1 Å². The number of imide groups is 1. The lowest BCUT2D eigenvalue weighted by Gasteiger charge is -2.19. The molecule has 2 N–H and O–H groups in total. The number of hydrogen-bond donors (Lipinski definition) is 2. The van der Waals surface area contributed by atoms with E-state index in [0.717, 1.165) is 5.56 Å². The summed E-state index contributed by atoms with van der Waals surface area (Å²) in [7, 11) is 0. The second-order valence-corrected chi connectivity index (χ2v) is 4.77. The summed E-state index contributed by atoms with van der Waals surface area (Å²) < 4.78 is 0. The molecule has 100 valence electrons. The van der Waals surface area contributed by atoms with Crippen molar-refractivity contribution in [3.05, 3.63) is 29.3 Å². The molecule has 2 aliphatic rings. The molecule has 0 aliphatic carbocycles. The van der Waals surface area contributed by atoms with E-state index in [1.807, 2.05) is 13.0 Å². The summed E-state index contributed by atoms with van der Waals surface area (Å²) in [6.45, 7) is 1.89. The topological polar surface area (TPSA) is 78.5 Å². The molecule has 1 aromatic carbocycles. The van der Waals surface area contributed by atoms with E-state index in [1.165, 1.54) is 4.90 Å². The maximum absolute atomic E-state index is 12.6. The van der Waals surface area contributed by atoms with Gasteiger partial charge in [0.15, 0.2) is 0 Å². The lowest BCUT2D eigenvalue weighted by Crippen LogP contribution is -2.52. The molecule has 0 radical (unpaired) electrons. The number of nitrogens with one attached hydrogen (secondary N) is 2. The van der Waals surface area contributed by atoms with Gasteiger partial charge in [-0.1, -0.05) is 23.6 Å². The first-order valence-electron chi connectivity index (χ1n) is 6.01. The van der Waals surface area contributed by atoms with Crippen LogP contribution in [0.25, 0.3) is 0 Å². The van der Waals surface area contributed by atoms with Crippen LogP contribution in [0.2, 0.25) is 0 Å². The minimum Gasteiger partial charge on any atom is -0.312 e. The van der Waals surface area contributed by atoms with Gasteiger partial charge in [0.05, 0.1) is 12.2 Å². The Morgan fingerprint density at radius 1 is 1.35 bits per heavy atom. The molecule has 1 fully saturated rings. The first-order chi connectivity index (χ1) is 9.50. The van der Waals surface area contributed by atoms with Crippen molar-refractivity contribution in [2.24, 2.45) is 0 Å². The Hall–Kier alpha value is -2.81. The molecule has 1 atom stereocenters. The minimum absolute atomic E-state index is 0.0415. The minimum atomic E-state index is -1.69. The predicted octanol–water partition coefficient (Wildman–Crippen LogP) is 0.00952. The van der Waals surface area contributed by atoms with Crippen LogP contribution in [0.4, 0.5) is 10.5 Å². The molecule has 2 aliphatic heterocycles. The number of carbonyl (C=O) groups is 3. The van der Waals surface area contributed by atoms with Crippen molar-refractivity contribution in [2.75, 3.05) is 11.4 Å². The van der Waals surface area contributed by atoms with Crippen LogP contribution >= 0.6 is 0 Å². The molecule has 1 spiro atoms. The number of amides is 4. The predicted molar refractivity (Wildman–Crippen MR) is 70.7 cm³/mol. The van der Waals surface area contributed by atoms with Gasteiger partial charge in [-0.2, -0.15) is 0 Å². The summed E-state index contributed by atoms with van der Waals surface area (Å²) in [5.74, 6) is 1.19. The molecule has 3 rings (SSSR count). The molecule has 0 saturated carbocycles. The monoisotopic (exact) mass is 269 g/mol. The molecule has 20 heavy (non-hydrogen) atoms. The number of fused-ring (bicyclic) bond motifs is 2. The highest BCUT2D eigenvalue weighted by atomic mass is 16.2. The van der Waals surface area contributed by atoms with Gasteiger partial charge in [-0.15, -0.1) is 6.42 Å². The van der Waals surface area contributed by atoms with Crippen molar-refractivity contribution in [1.29, 1.82) is 0 Å². The van der Waals surface area contributed by atoms with E-state index in [0.29, 0.717) is 11.3 Å². The average Bonchev–Trinajstić information content (AvgIpc) is 2.81. The number of rotatable bonds is 1. The smallest absolute Gasteiger partial charge is 0.312 e. The third-order valence-corrected chi connectivity index (χ3v) is 3.53. The van der Waals surface area contributed by atoms with E-state index >= 15 is 0 Å². The highest BCUT2D eigenvalue weighted by molar-refractivity contribution is 6.27. The number of hydrogen-bond acceptors (Lipinski definition) is 3. The van der Waals surface area contributed by atoms with Crippen molar-refractivity contribution in [1.82, 2.24) is 10.6 Å². The second kappa shape index (κ2) is 3.84. The van der Waals surface area contributed by atoms with Crippen molar-refractivity contribution >= 4 is 23.5 Å². The molecule has 6 nitrogen and oxygen atoms in total. The Kier molecular flexibility index (Phi) is 2.35. The second-order valence-electron chi connectivity index (χ2n) is 4.77. The fraction of sp³-hybridized carbons (Fsp3) is 0.214. The zero-order valence-corrected chi connectivity index (χ0v) is 10.7. The van der Waals surface area contributed by atoms with Crippen molar-refractivity contribution in [3.8, 4) is 12.3 Å². The van der Waals surface area contributed by atoms with Gasteiger partial charge in [-0.25, -0.2) is 4.79 Å². The summed E-state index contributed by atoms with van der Waals surface area (Å²) in [5, 5.41) is 4.56. The summed E-state index contributed by atoms with van der Waals surface area (Å²) in [5.41, 5.74) is 0.208. The normalized spacial score (nSPS) is 23.6.